The molecule has 0 aromatic rings. The van der Waals surface area contributed by atoms with E-state index >= 15 is 0 Å². The van der Waals surface area contributed by atoms with E-state index in [1.165, 1.54) is 0 Å². The van der Waals surface area contributed by atoms with Crippen LogP contribution in [0.5, 0.6) is 0 Å². The fourth-order valence-corrected chi connectivity index (χ4v) is 2.95. The summed E-state index contributed by atoms with van der Waals surface area (Å²) in [5.74, 6) is -0.669. The predicted molar refractivity (Wildman–Crippen MR) is 61.7 cm³/mol. The third-order valence-corrected chi connectivity index (χ3v) is 4.19. The highest BCUT2D eigenvalue weighted by molar-refractivity contribution is 5.92. The van der Waals surface area contributed by atoms with Gasteiger partial charge in [0.05, 0.1) is 12.0 Å². The Morgan fingerprint density at radius 2 is 1.65 bits per heavy atom. The van der Waals surface area contributed by atoms with E-state index in [1.807, 2.05) is 20.8 Å². The van der Waals surface area contributed by atoms with E-state index in [0.717, 1.165) is 0 Å². The van der Waals surface area contributed by atoms with Crippen molar-refractivity contribution >= 4 is 11.8 Å². The Morgan fingerprint density at radius 3 is 1.94 bits per heavy atom. The Balaban J connectivity index is 2.20. The fourth-order valence-electron chi connectivity index (χ4n) is 2.95. The van der Waals surface area contributed by atoms with Crippen molar-refractivity contribution in [1.29, 1.82) is 0 Å². The molecule has 17 heavy (non-hydrogen) atoms. The Hall–Kier alpha value is -0.900. The molecule has 1 aliphatic carbocycles. The largest absolute Gasteiger partial charge is 0.481 e. The van der Waals surface area contributed by atoms with E-state index in [2.05, 4.69) is 0 Å². The molecule has 1 N–H and O–H groups in total. The summed E-state index contributed by atoms with van der Waals surface area (Å²) in [6, 6.07) is 0. The molecule has 2 saturated heterocycles. The van der Waals surface area contributed by atoms with E-state index in [4.69, 9.17) is 4.74 Å². The standard InChI is InChI=1S/C13H20O4/c1-11(2,3)9(14)13-6-4-12(5-7-13,8-17-13)10(15)16/h4-8H2,1-3H3,(H,15,16). The Kier molecular flexibility index (Phi) is 2.62. The molecular formula is C13H20O4. The molecule has 3 fully saturated rings. The van der Waals surface area contributed by atoms with Crippen molar-refractivity contribution in [1.82, 2.24) is 0 Å². The van der Waals surface area contributed by atoms with Gasteiger partial charge in [-0.05, 0) is 25.7 Å². The summed E-state index contributed by atoms with van der Waals surface area (Å²) in [4.78, 5) is 23.6. The maximum Gasteiger partial charge on any atom is 0.311 e. The molecule has 0 aromatic carbocycles. The number of rotatable bonds is 2. The summed E-state index contributed by atoms with van der Waals surface area (Å²) in [7, 11) is 0. The monoisotopic (exact) mass is 240 g/mol. The quantitative estimate of drug-likeness (QED) is 0.802. The number of carbonyl (C=O) groups excluding carboxylic acids is 1. The number of carboxylic acid groups (broad SMARTS) is 1. The summed E-state index contributed by atoms with van der Waals surface area (Å²) in [6.45, 7) is 5.85. The first-order valence-electron chi connectivity index (χ1n) is 6.14. The highest BCUT2D eigenvalue weighted by Gasteiger charge is 2.58. The number of fused-ring (bicyclic) bond motifs is 3. The van der Waals surface area contributed by atoms with Crippen LogP contribution in [-0.2, 0) is 14.3 Å². The van der Waals surface area contributed by atoms with Crippen molar-refractivity contribution in [3.05, 3.63) is 0 Å². The van der Waals surface area contributed by atoms with Gasteiger partial charge in [-0.2, -0.15) is 0 Å². The molecule has 96 valence electrons. The van der Waals surface area contributed by atoms with Crippen molar-refractivity contribution in [2.75, 3.05) is 6.61 Å². The van der Waals surface area contributed by atoms with Crippen LogP contribution in [0.4, 0.5) is 0 Å². The van der Waals surface area contributed by atoms with Gasteiger partial charge >= 0.3 is 5.97 Å². The smallest absolute Gasteiger partial charge is 0.311 e. The number of ether oxygens (including phenoxy) is 1. The number of ketones is 1. The third kappa shape index (κ3) is 1.79. The summed E-state index contributed by atoms with van der Waals surface area (Å²) >= 11 is 0. The second-order valence-corrected chi connectivity index (χ2v) is 6.45. The molecule has 3 aliphatic rings. The van der Waals surface area contributed by atoms with Gasteiger partial charge in [0.15, 0.2) is 5.78 Å². The van der Waals surface area contributed by atoms with Crippen LogP contribution in [0.25, 0.3) is 0 Å². The summed E-state index contributed by atoms with van der Waals surface area (Å²) in [6.07, 6.45) is 2.22. The van der Waals surface area contributed by atoms with Gasteiger partial charge in [-0.25, -0.2) is 0 Å². The minimum absolute atomic E-state index is 0.115. The van der Waals surface area contributed by atoms with Crippen LogP contribution in [0, 0.1) is 10.8 Å². The van der Waals surface area contributed by atoms with Crippen molar-refractivity contribution in [3.8, 4) is 0 Å². The summed E-state index contributed by atoms with van der Waals surface area (Å²) in [5, 5.41) is 9.23. The van der Waals surface area contributed by atoms with Gasteiger partial charge in [-0.1, -0.05) is 20.8 Å². The van der Waals surface area contributed by atoms with E-state index in [-0.39, 0.29) is 12.4 Å². The average molecular weight is 240 g/mol. The topological polar surface area (TPSA) is 63.6 Å². The molecule has 2 aliphatic heterocycles. The molecule has 1 saturated carbocycles. The summed E-state index contributed by atoms with van der Waals surface area (Å²) < 4.78 is 5.69. The molecule has 0 spiro atoms. The number of hydrogen-bond acceptors (Lipinski definition) is 3. The van der Waals surface area contributed by atoms with Gasteiger partial charge in [0.25, 0.3) is 0 Å². The second kappa shape index (κ2) is 3.55. The maximum absolute atomic E-state index is 12.4. The van der Waals surface area contributed by atoms with Crippen molar-refractivity contribution in [3.63, 3.8) is 0 Å². The minimum atomic E-state index is -0.783. The van der Waals surface area contributed by atoms with Crippen LogP contribution in [0.1, 0.15) is 46.5 Å². The van der Waals surface area contributed by atoms with Gasteiger partial charge in [0, 0.05) is 5.41 Å². The zero-order chi connectivity index (χ0) is 12.9. The molecule has 4 heteroatoms. The molecular weight excluding hydrogens is 220 g/mol. The van der Waals surface area contributed by atoms with Gasteiger partial charge in [-0.3, -0.25) is 9.59 Å². The number of carboxylic acids is 1. The Morgan fingerprint density at radius 1 is 1.12 bits per heavy atom. The lowest BCUT2D eigenvalue weighted by molar-refractivity contribution is -0.207. The van der Waals surface area contributed by atoms with Gasteiger partial charge < -0.3 is 9.84 Å². The lowest BCUT2D eigenvalue weighted by Crippen LogP contribution is -2.60. The molecule has 0 amide bonds. The first-order valence-corrected chi connectivity index (χ1v) is 6.14. The van der Waals surface area contributed by atoms with E-state index in [0.29, 0.717) is 25.7 Å². The van der Waals surface area contributed by atoms with Crippen LogP contribution in [0.15, 0.2) is 0 Å². The second-order valence-electron chi connectivity index (χ2n) is 6.45. The van der Waals surface area contributed by atoms with Crippen LogP contribution in [-0.4, -0.2) is 29.1 Å². The van der Waals surface area contributed by atoms with E-state index < -0.39 is 22.4 Å². The normalized spacial score (nSPS) is 36.9. The first-order chi connectivity index (χ1) is 7.72. The maximum atomic E-state index is 12.4. The number of carbonyl (C=O) groups is 2. The highest BCUT2D eigenvalue weighted by Crippen LogP contribution is 2.51. The molecule has 0 atom stereocenters. The van der Waals surface area contributed by atoms with Crippen molar-refractivity contribution < 1.29 is 19.4 Å². The number of hydrogen-bond donors (Lipinski definition) is 1. The van der Waals surface area contributed by atoms with Crippen LogP contribution in [0.2, 0.25) is 0 Å². The number of aliphatic carboxylic acids is 1. The zero-order valence-corrected chi connectivity index (χ0v) is 10.7. The fraction of sp³-hybridized carbons (Fsp3) is 0.846. The summed E-state index contributed by atoms with van der Waals surface area (Å²) in [5.41, 5.74) is -1.88. The highest BCUT2D eigenvalue weighted by atomic mass is 16.5. The molecule has 3 rings (SSSR count). The lowest BCUT2D eigenvalue weighted by Gasteiger charge is -2.51. The SMILES string of the molecule is CC(C)(C)C(=O)C12CCC(C(=O)O)(CC1)CO2. The van der Waals surface area contributed by atoms with Crippen LogP contribution >= 0.6 is 0 Å². The van der Waals surface area contributed by atoms with Gasteiger partial charge in [-0.15, -0.1) is 0 Å². The number of Topliss-reactive ketones (excluding diaryl/α,β-unsaturated/α-hetero) is 1. The molecule has 2 heterocycles. The van der Waals surface area contributed by atoms with Gasteiger partial charge in [0.2, 0.25) is 0 Å². The van der Waals surface area contributed by atoms with Crippen molar-refractivity contribution in [2.24, 2.45) is 10.8 Å². The van der Waals surface area contributed by atoms with E-state index in [1.54, 1.807) is 0 Å². The first kappa shape index (κ1) is 12.6. The van der Waals surface area contributed by atoms with Crippen molar-refractivity contribution in [2.45, 2.75) is 52.1 Å². The molecule has 0 radical (unpaired) electrons. The van der Waals surface area contributed by atoms with Crippen LogP contribution < -0.4 is 0 Å². The van der Waals surface area contributed by atoms with E-state index in [9.17, 15) is 14.7 Å². The minimum Gasteiger partial charge on any atom is -0.481 e. The van der Waals surface area contributed by atoms with Crippen LogP contribution in [0.3, 0.4) is 0 Å². The predicted octanol–water partition coefficient (Wildman–Crippen LogP) is 2.02. The molecule has 2 bridgehead atoms. The molecule has 0 unspecified atom stereocenters. The Labute approximate surface area is 101 Å². The Bertz CT molecular complexity index is 340. The zero-order valence-electron chi connectivity index (χ0n) is 10.7. The van der Waals surface area contributed by atoms with Gasteiger partial charge in [0.1, 0.15) is 5.60 Å². The average Bonchev–Trinajstić information content (AvgIpc) is 2.29. The molecule has 0 aromatic heterocycles. The lowest BCUT2D eigenvalue weighted by atomic mass is 9.62. The molecule has 4 nitrogen and oxygen atoms in total. The third-order valence-electron chi connectivity index (χ3n) is 4.19.